The number of benzene rings is 3. The number of amides is 3. The van der Waals surface area contributed by atoms with Crippen molar-refractivity contribution in [3.05, 3.63) is 77.4 Å². The van der Waals surface area contributed by atoms with Crippen LogP contribution in [0, 0.1) is 11.3 Å². The minimum Gasteiger partial charge on any atom is -0.497 e. The zero-order valence-electron chi connectivity index (χ0n) is 19.2. The Morgan fingerprint density at radius 1 is 0.947 bits per heavy atom. The maximum atomic E-state index is 13.6. The minimum atomic E-state index is -6.23. The maximum Gasteiger partial charge on any atom is 0.430 e. The molecule has 0 saturated carbocycles. The van der Waals surface area contributed by atoms with Gasteiger partial charge in [-0.3, -0.25) is 10.1 Å². The average Bonchev–Trinajstić information content (AvgIpc) is 2.85. The number of ether oxygens (including phenoxy) is 1. The summed E-state index contributed by atoms with van der Waals surface area (Å²) >= 11 is 0. The van der Waals surface area contributed by atoms with Crippen LogP contribution in [0.1, 0.15) is 11.1 Å². The molecule has 13 heteroatoms. The Bertz CT molecular complexity index is 1430. The number of hydrogen-bond acceptors (Lipinski definition) is 5. The summed E-state index contributed by atoms with van der Waals surface area (Å²) in [4.78, 5) is 25.0. The molecule has 0 spiro atoms. The molecule has 0 radical (unpaired) electrons. The lowest BCUT2D eigenvalue weighted by Crippen LogP contribution is -2.54. The van der Waals surface area contributed by atoms with Crippen molar-refractivity contribution in [2.75, 3.05) is 12.4 Å². The predicted octanol–water partition coefficient (Wildman–Crippen LogP) is 5.42. The van der Waals surface area contributed by atoms with Crippen LogP contribution in [-0.2, 0) is 10.4 Å². The largest absolute Gasteiger partial charge is 0.497 e. The SMILES string of the molecule is COc1ccc(C=C(C#N)C(=O)NC(=O)Nc2c(C(O)(C(F)(F)F)C(F)(F)F)ccc3ccccc23)cc1. The highest BCUT2D eigenvalue weighted by atomic mass is 19.4. The standard InChI is InChI=1S/C25H17F6N3O4/c1-38-17-9-6-14(7-10-17)12-16(13-32)21(35)34-22(36)33-20-18-5-3-2-4-15(18)8-11-19(20)23(37,24(26,27)28)25(29,30)31/h2-12,37H,1H3,(H2,33,34,35,36). The van der Waals surface area contributed by atoms with Gasteiger partial charge in [0.15, 0.2) is 0 Å². The fourth-order valence-electron chi connectivity index (χ4n) is 3.50. The van der Waals surface area contributed by atoms with Crippen LogP contribution < -0.4 is 15.4 Å². The molecule has 0 atom stereocenters. The first-order valence-electron chi connectivity index (χ1n) is 10.5. The number of rotatable bonds is 5. The smallest absolute Gasteiger partial charge is 0.430 e. The van der Waals surface area contributed by atoms with Gasteiger partial charge in [-0.05, 0) is 29.2 Å². The summed E-state index contributed by atoms with van der Waals surface area (Å²) in [7, 11) is 1.42. The van der Waals surface area contributed by atoms with E-state index < -0.39 is 46.7 Å². The number of anilines is 1. The number of carbonyl (C=O) groups is 2. The van der Waals surface area contributed by atoms with Crippen molar-refractivity contribution >= 4 is 34.5 Å². The second kappa shape index (κ2) is 10.4. The van der Waals surface area contributed by atoms with Gasteiger partial charge < -0.3 is 15.2 Å². The summed E-state index contributed by atoms with van der Waals surface area (Å²) in [5, 5.41) is 22.6. The fraction of sp³-hybridized carbons (Fsp3) is 0.160. The summed E-state index contributed by atoms with van der Waals surface area (Å²) in [5.41, 5.74) is -8.35. The van der Waals surface area contributed by atoms with Crippen molar-refractivity contribution in [3.63, 3.8) is 0 Å². The van der Waals surface area contributed by atoms with E-state index in [0.717, 1.165) is 18.2 Å². The van der Waals surface area contributed by atoms with Gasteiger partial charge in [0.2, 0.25) is 0 Å². The Morgan fingerprint density at radius 2 is 1.55 bits per heavy atom. The molecule has 0 fully saturated rings. The predicted molar refractivity (Wildman–Crippen MR) is 124 cm³/mol. The Balaban J connectivity index is 2.01. The lowest BCUT2D eigenvalue weighted by atomic mass is 9.88. The van der Waals surface area contributed by atoms with E-state index in [0.29, 0.717) is 17.4 Å². The van der Waals surface area contributed by atoms with E-state index in [4.69, 9.17) is 4.74 Å². The van der Waals surface area contributed by atoms with Crippen molar-refractivity contribution in [2.45, 2.75) is 18.0 Å². The number of fused-ring (bicyclic) bond motifs is 1. The van der Waals surface area contributed by atoms with Gasteiger partial charge >= 0.3 is 18.4 Å². The van der Waals surface area contributed by atoms with Crippen molar-refractivity contribution in [2.24, 2.45) is 0 Å². The van der Waals surface area contributed by atoms with Crippen molar-refractivity contribution < 1.29 is 45.8 Å². The molecule has 0 aliphatic rings. The first kappa shape index (κ1) is 28.0. The third-order valence-electron chi connectivity index (χ3n) is 5.40. The highest BCUT2D eigenvalue weighted by Gasteiger charge is 2.72. The van der Waals surface area contributed by atoms with Gasteiger partial charge in [0, 0.05) is 10.9 Å². The molecular formula is C25H17F6N3O4. The van der Waals surface area contributed by atoms with Crippen LogP contribution in [0.5, 0.6) is 5.75 Å². The number of aliphatic hydroxyl groups is 1. The summed E-state index contributed by atoms with van der Waals surface area (Å²) in [6, 6.07) is 12.5. The normalized spacial score (nSPS) is 12.6. The van der Waals surface area contributed by atoms with Crippen molar-refractivity contribution in [1.29, 1.82) is 5.26 Å². The van der Waals surface area contributed by atoms with Gasteiger partial charge in [-0.2, -0.15) is 31.6 Å². The molecule has 0 saturated heterocycles. The third kappa shape index (κ3) is 5.40. The number of nitrogens with one attached hydrogen (secondary N) is 2. The number of urea groups is 1. The van der Waals surface area contributed by atoms with Gasteiger partial charge in [-0.25, -0.2) is 4.79 Å². The number of halogens is 6. The molecule has 0 bridgehead atoms. The van der Waals surface area contributed by atoms with Gasteiger partial charge in [-0.1, -0.05) is 48.5 Å². The summed E-state index contributed by atoms with van der Waals surface area (Å²) in [6.07, 6.45) is -11.4. The molecule has 7 nitrogen and oxygen atoms in total. The Kier molecular flexibility index (Phi) is 7.69. The zero-order valence-corrected chi connectivity index (χ0v) is 19.2. The minimum absolute atomic E-state index is 0.127. The summed E-state index contributed by atoms with van der Waals surface area (Å²) in [6.45, 7) is 0. The third-order valence-corrected chi connectivity index (χ3v) is 5.40. The van der Waals surface area contributed by atoms with Crippen molar-refractivity contribution in [1.82, 2.24) is 5.32 Å². The van der Waals surface area contributed by atoms with E-state index in [2.05, 4.69) is 0 Å². The number of nitrogens with zero attached hydrogens (tertiary/aromatic N) is 1. The lowest BCUT2D eigenvalue weighted by Gasteiger charge is -2.34. The van der Waals surface area contributed by atoms with E-state index in [1.165, 1.54) is 49.6 Å². The number of alkyl halides is 6. The Hall–Kier alpha value is -4.57. The molecule has 38 heavy (non-hydrogen) atoms. The first-order chi connectivity index (χ1) is 17.7. The molecule has 3 rings (SSSR count). The van der Waals surface area contributed by atoms with Crippen LogP contribution >= 0.6 is 0 Å². The second-order valence-electron chi connectivity index (χ2n) is 7.77. The molecule has 3 aromatic carbocycles. The van der Waals surface area contributed by atoms with Gasteiger partial charge in [0.05, 0.1) is 12.8 Å². The highest BCUT2D eigenvalue weighted by Crippen LogP contribution is 2.52. The molecule has 198 valence electrons. The molecule has 0 aromatic heterocycles. The molecule has 3 N–H and O–H groups in total. The topological polar surface area (TPSA) is 111 Å². The fourth-order valence-corrected chi connectivity index (χ4v) is 3.50. The van der Waals surface area contributed by atoms with E-state index in [1.807, 2.05) is 5.32 Å². The van der Waals surface area contributed by atoms with E-state index >= 15 is 0 Å². The monoisotopic (exact) mass is 537 g/mol. The van der Waals surface area contributed by atoms with Crippen LogP contribution in [0.3, 0.4) is 0 Å². The maximum absolute atomic E-state index is 13.6. The Morgan fingerprint density at radius 3 is 2.11 bits per heavy atom. The van der Waals surface area contributed by atoms with E-state index in [-0.39, 0.29) is 10.8 Å². The molecule has 0 aliphatic heterocycles. The zero-order chi connectivity index (χ0) is 28.3. The van der Waals surface area contributed by atoms with Crippen LogP contribution in [-0.4, -0.2) is 36.5 Å². The number of imide groups is 1. The highest BCUT2D eigenvalue weighted by molar-refractivity contribution is 6.13. The van der Waals surface area contributed by atoms with E-state index in [1.54, 1.807) is 11.4 Å². The lowest BCUT2D eigenvalue weighted by molar-refractivity contribution is -0.375. The molecule has 0 heterocycles. The quantitative estimate of drug-likeness (QED) is 0.229. The Labute approximate surface area is 210 Å². The van der Waals surface area contributed by atoms with Gasteiger partial charge in [-0.15, -0.1) is 0 Å². The number of carbonyl (C=O) groups excluding carboxylic acids is 2. The van der Waals surface area contributed by atoms with Gasteiger partial charge in [0.1, 0.15) is 17.4 Å². The van der Waals surface area contributed by atoms with Crippen LogP contribution in [0.15, 0.2) is 66.2 Å². The number of hydrogen-bond donors (Lipinski definition) is 3. The molecule has 3 amide bonds. The van der Waals surface area contributed by atoms with Crippen LogP contribution in [0.2, 0.25) is 0 Å². The summed E-state index contributed by atoms with van der Waals surface area (Å²) < 4.78 is 86.7. The molecule has 0 aliphatic carbocycles. The van der Waals surface area contributed by atoms with Crippen LogP contribution in [0.4, 0.5) is 36.8 Å². The van der Waals surface area contributed by atoms with Crippen molar-refractivity contribution in [3.8, 4) is 11.8 Å². The molecule has 3 aromatic rings. The summed E-state index contributed by atoms with van der Waals surface area (Å²) in [5.74, 6) is -0.808. The number of nitriles is 1. The van der Waals surface area contributed by atoms with Crippen LogP contribution in [0.25, 0.3) is 16.8 Å². The molecule has 0 unspecified atom stereocenters. The number of methoxy groups -OCH3 is 1. The van der Waals surface area contributed by atoms with Gasteiger partial charge in [0.25, 0.3) is 11.5 Å². The average molecular weight is 537 g/mol. The molecular weight excluding hydrogens is 520 g/mol. The first-order valence-corrected chi connectivity index (χ1v) is 10.5. The second-order valence-corrected chi connectivity index (χ2v) is 7.77. The van der Waals surface area contributed by atoms with E-state index in [9.17, 15) is 46.3 Å².